The van der Waals surface area contributed by atoms with Crippen molar-refractivity contribution in [3.63, 3.8) is 0 Å². The van der Waals surface area contributed by atoms with Crippen molar-refractivity contribution in [3.05, 3.63) is 29.8 Å². The van der Waals surface area contributed by atoms with Gasteiger partial charge in [-0.1, -0.05) is 12.1 Å². The molecule has 0 heterocycles. The van der Waals surface area contributed by atoms with Crippen LogP contribution in [0.25, 0.3) is 0 Å². The van der Waals surface area contributed by atoms with E-state index in [1.54, 1.807) is 6.07 Å². The van der Waals surface area contributed by atoms with E-state index in [2.05, 4.69) is 10.6 Å². The first-order valence-corrected chi connectivity index (χ1v) is 5.49. The Kier molecular flexibility index (Phi) is 4.79. The molecule has 1 rings (SSSR count). The summed E-state index contributed by atoms with van der Waals surface area (Å²) in [5.41, 5.74) is 6.85. The van der Waals surface area contributed by atoms with E-state index in [9.17, 15) is 4.79 Å². The van der Waals surface area contributed by atoms with E-state index in [4.69, 9.17) is 5.73 Å². The Hall–Kier alpha value is -1.55. The number of benzene rings is 1. The van der Waals surface area contributed by atoms with Crippen LogP contribution >= 0.6 is 0 Å². The van der Waals surface area contributed by atoms with Crippen LogP contribution < -0.4 is 16.4 Å². The highest BCUT2D eigenvalue weighted by Crippen LogP contribution is 2.15. The fourth-order valence-corrected chi connectivity index (χ4v) is 1.40. The number of anilines is 1. The summed E-state index contributed by atoms with van der Waals surface area (Å²) in [6.07, 6.45) is 0. The fourth-order valence-electron chi connectivity index (χ4n) is 1.40. The number of nitrogens with two attached hydrogens (primary N) is 1. The largest absolute Gasteiger partial charge is 0.382 e. The summed E-state index contributed by atoms with van der Waals surface area (Å²) in [5.74, 6) is -0.0887. The van der Waals surface area contributed by atoms with Gasteiger partial charge in [0.05, 0.1) is 5.56 Å². The van der Waals surface area contributed by atoms with Gasteiger partial charge >= 0.3 is 0 Å². The molecule has 1 aromatic rings. The molecule has 16 heavy (non-hydrogen) atoms. The molecule has 0 bridgehead atoms. The first-order valence-electron chi connectivity index (χ1n) is 5.49. The molecule has 4 nitrogen and oxygen atoms in total. The molecular formula is C12H19N3O. The predicted octanol–water partition coefficient (Wildman–Crippen LogP) is 1.20. The van der Waals surface area contributed by atoms with E-state index in [-0.39, 0.29) is 5.91 Å². The lowest BCUT2D eigenvalue weighted by atomic mass is 10.1. The maximum Gasteiger partial charge on any atom is 0.253 e. The van der Waals surface area contributed by atoms with Crippen LogP contribution in [-0.4, -0.2) is 25.0 Å². The highest BCUT2D eigenvalue weighted by Gasteiger charge is 2.10. The van der Waals surface area contributed by atoms with E-state index in [1.165, 1.54) is 0 Å². The zero-order valence-corrected chi connectivity index (χ0v) is 9.79. The first kappa shape index (κ1) is 12.5. The second-order valence-electron chi connectivity index (χ2n) is 3.89. The highest BCUT2D eigenvalue weighted by atomic mass is 16.1. The maximum atomic E-state index is 11.8. The Balaban J connectivity index is 2.81. The average molecular weight is 221 g/mol. The lowest BCUT2D eigenvalue weighted by Gasteiger charge is -2.14. The summed E-state index contributed by atoms with van der Waals surface area (Å²) in [6, 6.07) is 7.75. The first-order chi connectivity index (χ1) is 7.65. The monoisotopic (exact) mass is 221 g/mol. The van der Waals surface area contributed by atoms with Crippen molar-refractivity contribution >= 4 is 11.6 Å². The van der Waals surface area contributed by atoms with Gasteiger partial charge < -0.3 is 16.4 Å². The van der Waals surface area contributed by atoms with Crippen molar-refractivity contribution in [2.45, 2.75) is 19.9 Å². The molecule has 0 aliphatic rings. The van der Waals surface area contributed by atoms with E-state index in [1.807, 2.05) is 32.0 Å². The molecule has 0 fully saturated rings. The molecule has 0 spiro atoms. The molecular weight excluding hydrogens is 202 g/mol. The molecule has 4 heteroatoms. The van der Waals surface area contributed by atoms with Gasteiger partial charge in [0.2, 0.25) is 0 Å². The van der Waals surface area contributed by atoms with Crippen LogP contribution in [0.4, 0.5) is 5.69 Å². The Morgan fingerprint density at radius 1 is 1.38 bits per heavy atom. The molecule has 1 aromatic carbocycles. The quantitative estimate of drug-likeness (QED) is 0.699. The molecule has 0 saturated carbocycles. The van der Waals surface area contributed by atoms with E-state index in [0.29, 0.717) is 24.7 Å². The van der Waals surface area contributed by atoms with Gasteiger partial charge in [-0.25, -0.2) is 0 Å². The summed E-state index contributed by atoms with van der Waals surface area (Å²) in [6.45, 7) is 5.02. The van der Waals surface area contributed by atoms with Crippen LogP contribution in [0.1, 0.15) is 24.2 Å². The van der Waals surface area contributed by atoms with Gasteiger partial charge in [0, 0.05) is 24.8 Å². The molecule has 0 aromatic heterocycles. The van der Waals surface area contributed by atoms with E-state index >= 15 is 0 Å². The predicted molar refractivity (Wildman–Crippen MR) is 66.6 cm³/mol. The minimum Gasteiger partial charge on any atom is -0.382 e. The Labute approximate surface area is 96.2 Å². The molecule has 0 aliphatic carbocycles. The van der Waals surface area contributed by atoms with Crippen LogP contribution in [0, 0.1) is 0 Å². The highest BCUT2D eigenvalue weighted by molar-refractivity contribution is 5.99. The topological polar surface area (TPSA) is 67.2 Å². The van der Waals surface area contributed by atoms with Crippen molar-refractivity contribution in [2.75, 3.05) is 18.4 Å². The standard InChI is InChI=1S/C12H19N3O/c1-9(2)15-11-6-4-3-5-10(11)12(16)14-8-7-13/h3-6,9,15H,7-8,13H2,1-2H3,(H,14,16). The maximum absolute atomic E-state index is 11.8. The number of para-hydroxylation sites is 1. The zero-order valence-electron chi connectivity index (χ0n) is 9.79. The summed E-state index contributed by atoms with van der Waals surface area (Å²) in [5, 5.41) is 6.00. The van der Waals surface area contributed by atoms with Crippen LogP contribution in [0.2, 0.25) is 0 Å². The van der Waals surface area contributed by atoms with Gasteiger partial charge in [-0.2, -0.15) is 0 Å². The van der Waals surface area contributed by atoms with Gasteiger partial charge in [0.25, 0.3) is 5.91 Å². The number of amides is 1. The number of nitrogens with one attached hydrogen (secondary N) is 2. The number of rotatable bonds is 5. The zero-order chi connectivity index (χ0) is 12.0. The van der Waals surface area contributed by atoms with Crippen molar-refractivity contribution in [3.8, 4) is 0 Å². The van der Waals surface area contributed by atoms with Gasteiger partial charge in [-0.3, -0.25) is 4.79 Å². The Morgan fingerprint density at radius 3 is 2.69 bits per heavy atom. The smallest absolute Gasteiger partial charge is 0.253 e. The number of hydrogen-bond donors (Lipinski definition) is 3. The second-order valence-corrected chi connectivity index (χ2v) is 3.89. The molecule has 0 aliphatic heterocycles. The lowest BCUT2D eigenvalue weighted by molar-refractivity contribution is 0.0955. The number of carbonyl (C=O) groups excluding carboxylic acids is 1. The molecule has 0 unspecified atom stereocenters. The van der Waals surface area contributed by atoms with Crippen LogP contribution in [-0.2, 0) is 0 Å². The minimum atomic E-state index is -0.0887. The lowest BCUT2D eigenvalue weighted by Crippen LogP contribution is -2.29. The van der Waals surface area contributed by atoms with Crippen molar-refractivity contribution in [1.29, 1.82) is 0 Å². The van der Waals surface area contributed by atoms with Gasteiger partial charge in [-0.15, -0.1) is 0 Å². The van der Waals surface area contributed by atoms with Crippen molar-refractivity contribution < 1.29 is 4.79 Å². The van der Waals surface area contributed by atoms with Crippen LogP contribution in [0.15, 0.2) is 24.3 Å². The molecule has 1 amide bonds. The molecule has 0 saturated heterocycles. The van der Waals surface area contributed by atoms with Crippen molar-refractivity contribution in [1.82, 2.24) is 5.32 Å². The van der Waals surface area contributed by atoms with Crippen LogP contribution in [0.5, 0.6) is 0 Å². The fraction of sp³-hybridized carbons (Fsp3) is 0.417. The van der Waals surface area contributed by atoms with Gasteiger partial charge in [0.1, 0.15) is 0 Å². The molecule has 4 N–H and O–H groups in total. The number of hydrogen-bond acceptors (Lipinski definition) is 3. The van der Waals surface area contributed by atoms with E-state index < -0.39 is 0 Å². The third-order valence-electron chi connectivity index (χ3n) is 2.05. The Bertz CT molecular complexity index is 350. The average Bonchev–Trinajstić information content (AvgIpc) is 2.26. The van der Waals surface area contributed by atoms with Gasteiger partial charge in [-0.05, 0) is 26.0 Å². The summed E-state index contributed by atoms with van der Waals surface area (Å²) < 4.78 is 0. The summed E-state index contributed by atoms with van der Waals surface area (Å²) in [7, 11) is 0. The summed E-state index contributed by atoms with van der Waals surface area (Å²) >= 11 is 0. The molecule has 0 atom stereocenters. The second kappa shape index (κ2) is 6.12. The summed E-state index contributed by atoms with van der Waals surface area (Å²) in [4.78, 5) is 11.8. The SMILES string of the molecule is CC(C)Nc1ccccc1C(=O)NCCN. The minimum absolute atomic E-state index is 0.0887. The third-order valence-corrected chi connectivity index (χ3v) is 2.05. The molecule has 88 valence electrons. The van der Waals surface area contributed by atoms with E-state index in [0.717, 1.165) is 5.69 Å². The molecule has 0 radical (unpaired) electrons. The van der Waals surface area contributed by atoms with Gasteiger partial charge in [0.15, 0.2) is 0 Å². The normalized spacial score (nSPS) is 10.2. The van der Waals surface area contributed by atoms with Crippen LogP contribution in [0.3, 0.4) is 0 Å². The number of carbonyl (C=O) groups is 1. The third kappa shape index (κ3) is 3.55. The Morgan fingerprint density at radius 2 is 2.06 bits per heavy atom. The van der Waals surface area contributed by atoms with Crippen molar-refractivity contribution in [2.24, 2.45) is 5.73 Å².